The fourth-order valence-corrected chi connectivity index (χ4v) is 1.59. The molecule has 1 rings (SSSR count). The van der Waals surface area contributed by atoms with Gasteiger partial charge in [0.05, 0.1) is 0 Å². The Labute approximate surface area is 74.4 Å². The molecule has 0 aliphatic rings. The SMILES string of the molecule is CNS(=O)(=O)c1ccc(F)cc1F. The van der Waals surface area contributed by atoms with Crippen molar-refractivity contribution in [2.45, 2.75) is 4.90 Å². The van der Waals surface area contributed by atoms with E-state index in [2.05, 4.69) is 0 Å². The average molecular weight is 207 g/mol. The first kappa shape index (κ1) is 10.1. The normalized spacial score (nSPS) is 11.6. The smallest absolute Gasteiger partial charge is 0.214 e. The van der Waals surface area contributed by atoms with E-state index in [9.17, 15) is 17.2 Å². The molecule has 1 N–H and O–H groups in total. The second-order valence-corrected chi connectivity index (χ2v) is 4.14. The quantitative estimate of drug-likeness (QED) is 0.782. The van der Waals surface area contributed by atoms with Crippen molar-refractivity contribution in [2.24, 2.45) is 0 Å². The highest BCUT2D eigenvalue weighted by atomic mass is 32.2. The third kappa shape index (κ3) is 2.02. The lowest BCUT2D eigenvalue weighted by Gasteiger charge is -2.02. The minimum absolute atomic E-state index is 0.518. The highest BCUT2D eigenvalue weighted by molar-refractivity contribution is 7.89. The fourth-order valence-electron chi connectivity index (χ4n) is 0.803. The predicted octanol–water partition coefficient (Wildman–Crippen LogP) is 0.873. The Morgan fingerprint density at radius 2 is 1.92 bits per heavy atom. The number of hydrogen-bond acceptors (Lipinski definition) is 2. The maximum atomic E-state index is 12.9. The fraction of sp³-hybridized carbons (Fsp3) is 0.143. The molecule has 6 heteroatoms. The van der Waals surface area contributed by atoms with Gasteiger partial charge in [-0.2, -0.15) is 0 Å². The van der Waals surface area contributed by atoms with Crippen molar-refractivity contribution in [2.75, 3.05) is 7.05 Å². The Kier molecular flexibility index (Phi) is 2.63. The molecule has 0 saturated carbocycles. The lowest BCUT2D eigenvalue weighted by molar-refractivity contribution is 0.546. The van der Waals surface area contributed by atoms with Crippen molar-refractivity contribution in [3.8, 4) is 0 Å². The summed E-state index contributed by atoms with van der Waals surface area (Å²) in [6, 6.07) is 2.27. The zero-order chi connectivity index (χ0) is 10.1. The molecular weight excluding hydrogens is 200 g/mol. The van der Waals surface area contributed by atoms with E-state index < -0.39 is 26.6 Å². The Hall–Kier alpha value is -1.01. The van der Waals surface area contributed by atoms with E-state index in [0.717, 1.165) is 19.2 Å². The molecule has 0 atom stereocenters. The van der Waals surface area contributed by atoms with Crippen molar-refractivity contribution >= 4 is 10.0 Å². The highest BCUT2D eigenvalue weighted by Gasteiger charge is 2.16. The lowest BCUT2D eigenvalue weighted by Crippen LogP contribution is -2.19. The summed E-state index contributed by atoms with van der Waals surface area (Å²) in [6.07, 6.45) is 0. The van der Waals surface area contributed by atoms with Gasteiger partial charge in [-0.1, -0.05) is 0 Å². The van der Waals surface area contributed by atoms with E-state index in [0.29, 0.717) is 6.07 Å². The zero-order valence-corrected chi connectivity index (χ0v) is 7.53. The molecule has 72 valence electrons. The first-order chi connectivity index (χ1) is 5.97. The largest absolute Gasteiger partial charge is 0.243 e. The van der Waals surface area contributed by atoms with Crippen LogP contribution in [0.25, 0.3) is 0 Å². The van der Waals surface area contributed by atoms with E-state index in [4.69, 9.17) is 0 Å². The lowest BCUT2D eigenvalue weighted by atomic mass is 10.3. The van der Waals surface area contributed by atoms with Crippen molar-refractivity contribution in [3.05, 3.63) is 29.8 Å². The van der Waals surface area contributed by atoms with E-state index in [1.54, 1.807) is 0 Å². The van der Waals surface area contributed by atoms with Crippen molar-refractivity contribution in [3.63, 3.8) is 0 Å². The Bertz CT molecular complexity index is 417. The number of benzene rings is 1. The first-order valence-corrected chi connectivity index (χ1v) is 4.84. The average Bonchev–Trinajstić information content (AvgIpc) is 2.03. The number of nitrogens with one attached hydrogen (secondary N) is 1. The minimum atomic E-state index is -3.84. The molecule has 0 aliphatic carbocycles. The van der Waals surface area contributed by atoms with Crippen LogP contribution in [-0.2, 0) is 10.0 Å². The highest BCUT2D eigenvalue weighted by Crippen LogP contribution is 2.14. The van der Waals surface area contributed by atoms with Crippen LogP contribution in [0.3, 0.4) is 0 Å². The maximum absolute atomic E-state index is 12.9. The topological polar surface area (TPSA) is 46.2 Å². The molecule has 0 bridgehead atoms. The molecular formula is C7H7F2NO2S. The Morgan fingerprint density at radius 3 is 2.38 bits per heavy atom. The van der Waals surface area contributed by atoms with Gasteiger partial charge in [0.15, 0.2) is 0 Å². The molecule has 0 spiro atoms. The molecule has 0 radical (unpaired) electrons. The van der Waals surface area contributed by atoms with E-state index in [1.807, 2.05) is 4.72 Å². The zero-order valence-electron chi connectivity index (χ0n) is 6.71. The monoisotopic (exact) mass is 207 g/mol. The van der Waals surface area contributed by atoms with Gasteiger partial charge in [0.2, 0.25) is 10.0 Å². The summed E-state index contributed by atoms with van der Waals surface area (Å²) in [5.74, 6) is -1.91. The third-order valence-electron chi connectivity index (χ3n) is 1.45. The molecule has 13 heavy (non-hydrogen) atoms. The van der Waals surface area contributed by atoms with Gasteiger partial charge in [0, 0.05) is 6.07 Å². The molecule has 0 amide bonds. The summed E-state index contributed by atoms with van der Waals surface area (Å²) < 4.78 is 49.3. The molecule has 0 aromatic heterocycles. The molecule has 0 aliphatic heterocycles. The van der Waals surface area contributed by atoms with Crippen LogP contribution >= 0.6 is 0 Å². The Balaban J connectivity index is 3.33. The number of sulfonamides is 1. The van der Waals surface area contributed by atoms with Crippen LogP contribution in [0.1, 0.15) is 0 Å². The molecule has 0 saturated heterocycles. The second-order valence-electron chi connectivity index (χ2n) is 2.28. The standard InChI is InChI=1S/C7H7F2NO2S/c1-10-13(11,12)7-3-2-5(8)4-6(7)9/h2-4,10H,1H3. The summed E-state index contributed by atoms with van der Waals surface area (Å²) in [5.41, 5.74) is 0. The van der Waals surface area contributed by atoms with Crippen LogP contribution in [0.5, 0.6) is 0 Å². The van der Waals surface area contributed by atoms with Gasteiger partial charge < -0.3 is 0 Å². The first-order valence-electron chi connectivity index (χ1n) is 3.36. The maximum Gasteiger partial charge on any atom is 0.243 e. The summed E-state index contributed by atoms with van der Waals surface area (Å²) in [5, 5.41) is 0. The van der Waals surface area contributed by atoms with E-state index >= 15 is 0 Å². The van der Waals surface area contributed by atoms with Crippen molar-refractivity contribution < 1.29 is 17.2 Å². The van der Waals surface area contributed by atoms with Gasteiger partial charge in [-0.15, -0.1) is 0 Å². The predicted molar refractivity (Wildman–Crippen MR) is 42.6 cm³/mol. The second kappa shape index (κ2) is 3.39. The van der Waals surface area contributed by atoms with Crippen LogP contribution in [0.15, 0.2) is 23.1 Å². The van der Waals surface area contributed by atoms with Crippen LogP contribution < -0.4 is 4.72 Å². The molecule has 0 heterocycles. The van der Waals surface area contributed by atoms with Crippen LogP contribution in [0, 0.1) is 11.6 Å². The van der Waals surface area contributed by atoms with Crippen molar-refractivity contribution in [1.82, 2.24) is 4.72 Å². The number of hydrogen-bond donors (Lipinski definition) is 1. The van der Waals surface area contributed by atoms with Crippen molar-refractivity contribution in [1.29, 1.82) is 0 Å². The van der Waals surface area contributed by atoms with Crippen LogP contribution in [0.4, 0.5) is 8.78 Å². The van der Waals surface area contributed by atoms with E-state index in [-0.39, 0.29) is 0 Å². The van der Waals surface area contributed by atoms with Gasteiger partial charge >= 0.3 is 0 Å². The third-order valence-corrected chi connectivity index (χ3v) is 2.90. The summed E-state index contributed by atoms with van der Waals surface area (Å²) in [4.78, 5) is -0.559. The van der Waals surface area contributed by atoms with Crippen LogP contribution in [-0.4, -0.2) is 15.5 Å². The molecule has 1 aromatic rings. The van der Waals surface area contributed by atoms with Gasteiger partial charge in [-0.05, 0) is 19.2 Å². The van der Waals surface area contributed by atoms with Gasteiger partial charge in [-0.3, -0.25) is 0 Å². The minimum Gasteiger partial charge on any atom is -0.214 e. The van der Waals surface area contributed by atoms with Gasteiger partial charge in [-0.25, -0.2) is 21.9 Å². The summed E-state index contributed by atoms with van der Waals surface area (Å²) in [7, 11) is -2.69. The summed E-state index contributed by atoms with van der Waals surface area (Å²) in [6.45, 7) is 0. The molecule has 0 fully saturated rings. The number of rotatable bonds is 2. The molecule has 3 nitrogen and oxygen atoms in total. The Morgan fingerprint density at radius 1 is 1.31 bits per heavy atom. The van der Waals surface area contributed by atoms with Gasteiger partial charge in [0.25, 0.3) is 0 Å². The summed E-state index contributed by atoms with van der Waals surface area (Å²) >= 11 is 0. The van der Waals surface area contributed by atoms with E-state index in [1.165, 1.54) is 0 Å². The molecule has 0 unspecified atom stereocenters. The van der Waals surface area contributed by atoms with Gasteiger partial charge in [0.1, 0.15) is 16.5 Å². The molecule has 1 aromatic carbocycles. The number of halogens is 2. The van der Waals surface area contributed by atoms with Crippen LogP contribution in [0.2, 0.25) is 0 Å².